The number of fused-ring (bicyclic) bond motifs is 1. The molecule has 4 N–H and O–H groups in total. The number of benzene rings is 2. The second-order valence-corrected chi connectivity index (χ2v) is 5.30. The number of nitriles is 1. The van der Waals surface area contributed by atoms with Crippen molar-refractivity contribution in [3.8, 4) is 6.07 Å². The number of carbonyl (C=O) groups is 2. The van der Waals surface area contributed by atoms with Gasteiger partial charge in [0.15, 0.2) is 0 Å². The Hall–Kier alpha value is -3.33. The van der Waals surface area contributed by atoms with Gasteiger partial charge in [-0.1, -0.05) is 18.2 Å². The van der Waals surface area contributed by atoms with E-state index < -0.39 is 11.9 Å². The van der Waals surface area contributed by atoms with E-state index in [2.05, 4.69) is 16.7 Å². The van der Waals surface area contributed by atoms with Gasteiger partial charge in [-0.05, 0) is 29.8 Å². The highest BCUT2D eigenvalue weighted by Gasteiger charge is 2.29. The van der Waals surface area contributed by atoms with Gasteiger partial charge in [-0.25, -0.2) is 0 Å². The van der Waals surface area contributed by atoms with Crippen LogP contribution in [0.1, 0.15) is 21.5 Å². The number of hydrogen-bond acceptors (Lipinski definition) is 4. The molecule has 0 unspecified atom stereocenters. The Bertz CT molecular complexity index is 839. The lowest BCUT2D eigenvalue weighted by Gasteiger charge is -2.14. The summed E-state index contributed by atoms with van der Waals surface area (Å²) >= 11 is 0. The molecular formula is C17H14N4O2. The van der Waals surface area contributed by atoms with Crippen LogP contribution in [0.5, 0.6) is 0 Å². The molecule has 0 radical (unpaired) electrons. The predicted molar refractivity (Wildman–Crippen MR) is 85.6 cm³/mol. The second kappa shape index (κ2) is 5.81. The van der Waals surface area contributed by atoms with Crippen LogP contribution in [0.15, 0.2) is 42.5 Å². The quantitative estimate of drug-likeness (QED) is 0.729. The van der Waals surface area contributed by atoms with Crippen LogP contribution in [-0.4, -0.2) is 17.9 Å². The summed E-state index contributed by atoms with van der Waals surface area (Å²) in [4.78, 5) is 24.7. The van der Waals surface area contributed by atoms with Crippen molar-refractivity contribution in [3.05, 3.63) is 59.2 Å². The molecule has 2 aromatic rings. The van der Waals surface area contributed by atoms with E-state index in [4.69, 9.17) is 11.0 Å². The van der Waals surface area contributed by atoms with E-state index in [0.717, 1.165) is 5.56 Å². The Morgan fingerprint density at radius 3 is 2.74 bits per heavy atom. The first kappa shape index (κ1) is 14.6. The zero-order chi connectivity index (χ0) is 16.4. The molecule has 0 aliphatic carbocycles. The molecule has 0 saturated carbocycles. The summed E-state index contributed by atoms with van der Waals surface area (Å²) in [6.45, 7) is 0. The first-order valence-corrected chi connectivity index (χ1v) is 7.08. The lowest BCUT2D eigenvalue weighted by atomic mass is 10.0. The minimum atomic E-state index is -0.733. The van der Waals surface area contributed by atoms with Crippen LogP contribution in [0.2, 0.25) is 0 Å². The number of amides is 2. The van der Waals surface area contributed by atoms with Crippen molar-refractivity contribution in [3.63, 3.8) is 0 Å². The number of nitrogen functional groups attached to an aromatic ring is 1. The number of nitrogens with two attached hydrogens (primary N) is 1. The van der Waals surface area contributed by atoms with E-state index in [1.165, 1.54) is 0 Å². The Kier molecular flexibility index (Phi) is 3.69. The van der Waals surface area contributed by atoms with Gasteiger partial charge in [-0.2, -0.15) is 5.26 Å². The van der Waals surface area contributed by atoms with Gasteiger partial charge in [0.25, 0.3) is 5.91 Å². The molecule has 0 saturated heterocycles. The first-order chi connectivity index (χ1) is 11.1. The third-order valence-corrected chi connectivity index (χ3v) is 3.70. The summed E-state index contributed by atoms with van der Waals surface area (Å²) in [5, 5.41) is 14.4. The van der Waals surface area contributed by atoms with Crippen LogP contribution in [0.4, 0.5) is 11.4 Å². The molecule has 23 heavy (non-hydrogen) atoms. The van der Waals surface area contributed by atoms with Crippen LogP contribution >= 0.6 is 0 Å². The van der Waals surface area contributed by atoms with E-state index in [0.29, 0.717) is 23.4 Å². The minimum Gasteiger partial charge on any atom is -0.398 e. The van der Waals surface area contributed by atoms with E-state index >= 15 is 0 Å². The largest absolute Gasteiger partial charge is 0.398 e. The molecule has 114 valence electrons. The summed E-state index contributed by atoms with van der Waals surface area (Å²) in [5.41, 5.74) is 8.13. The molecule has 2 aromatic carbocycles. The Morgan fingerprint density at radius 1 is 1.17 bits per heavy atom. The molecule has 2 amide bonds. The number of rotatable bonds is 2. The predicted octanol–water partition coefficient (Wildman–Crippen LogP) is 1.43. The fourth-order valence-electron chi connectivity index (χ4n) is 2.59. The van der Waals surface area contributed by atoms with Gasteiger partial charge in [-0.15, -0.1) is 0 Å². The lowest BCUT2D eigenvalue weighted by Crippen LogP contribution is -2.42. The summed E-state index contributed by atoms with van der Waals surface area (Å²) in [6.07, 6.45) is 0.293. The van der Waals surface area contributed by atoms with Gasteiger partial charge in [0.05, 0.1) is 22.9 Å². The van der Waals surface area contributed by atoms with Gasteiger partial charge in [0.1, 0.15) is 6.04 Å². The van der Waals surface area contributed by atoms with E-state index in [1.54, 1.807) is 36.4 Å². The number of hydrogen-bond donors (Lipinski definition) is 3. The smallest absolute Gasteiger partial charge is 0.256 e. The highest BCUT2D eigenvalue weighted by atomic mass is 16.2. The third-order valence-electron chi connectivity index (χ3n) is 3.70. The summed E-state index contributed by atoms with van der Waals surface area (Å²) in [6, 6.07) is 13.2. The zero-order valence-electron chi connectivity index (χ0n) is 12.2. The maximum Gasteiger partial charge on any atom is 0.256 e. The zero-order valence-corrected chi connectivity index (χ0v) is 12.2. The maximum atomic E-state index is 12.4. The molecule has 0 fully saturated rings. The second-order valence-electron chi connectivity index (χ2n) is 5.30. The number of anilines is 2. The van der Waals surface area contributed by atoms with Crippen LogP contribution in [0.25, 0.3) is 0 Å². The number of nitrogens with zero attached hydrogens (tertiary/aromatic N) is 1. The van der Waals surface area contributed by atoms with Gasteiger partial charge in [0, 0.05) is 12.1 Å². The molecule has 1 atom stereocenters. The topological polar surface area (TPSA) is 108 Å². The third kappa shape index (κ3) is 2.85. The van der Waals surface area contributed by atoms with Crippen LogP contribution in [-0.2, 0) is 11.2 Å². The van der Waals surface area contributed by atoms with E-state index in [-0.39, 0.29) is 11.5 Å². The maximum absolute atomic E-state index is 12.4. The first-order valence-electron chi connectivity index (χ1n) is 7.08. The van der Waals surface area contributed by atoms with Crippen LogP contribution < -0.4 is 16.4 Å². The van der Waals surface area contributed by atoms with E-state index in [1.807, 2.05) is 6.07 Å². The number of carbonyl (C=O) groups excluding carboxylic acids is 2. The molecule has 3 rings (SSSR count). The van der Waals surface area contributed by atoms with Crippen molar-refractivity contribution < 1.29 is 9.59 Å². The Labute approximate surface area is 132 Å². The molecule has 0 aromatic heterocycles. The molecule has 1 aliphatic heterocycles. The van der Waals surface area contributed by atoms with Crippen LogP contribution in [0, 0.1) is 11.3 Å². The van der Waals surface area contributed by atoms with Crippen molar-refractivity contribution in [2.45, 2.75) is 12.5 Å². The van der Waals surface area contributed by atoms with Gasteiger partial charge in [0.2, 0.25) is 5.91 Å². The van der Waals surface area contributed by atoms with Crippen molar-refractivity contribution in [1.82, 2.24) is 5.32 Å². The normalized spacial score (nSPS) is 16.6. The van der Waals surface area contributed by atoms with Crippen molar-refractivity contribution in [1.29, 1.82) is 5.26 Å². The fourth-order valence-corrected chi connectivity index (χ4v) is 2.59. The highest BCUT2D eigenvalue weighted by molar-refractivity contribution is 6.12. The molecule has 0 bridgehead atoms. The van der Waals surface area contributed by atoms with Gasteiger partial charge >= 0.3 is 0 Å². The van der Waals surface area contributed by atoms with Gasteiger partial charge in [-0.3, -0.25) is 9.59 Å². The number of nitrogens with one attached hydrogen (secondary N) is 2. The Morgan fingerprint density at radius 2 is 1.96 bits per heavy atom. The van der Waals surface area contributed by atoms with Crippen molar-refractivity contribution >= 4 is 23.2 Å². The summed E-state index contributed by atoms with van der Waals surface area (Å²) in [7, 11) is 0. The van der Waals surface area contributed by atoms with Gasteiger partial charge < -0.3 is 16.4 Å². The standard InChI is InChI=1S/C17H14N4O2/c18-9-11-4-1-3-10(7-11)8-14-16(22)20-13-6-2-5-12(19)15(13)17(23)21-14/h1-7,14H,8,19H2,(H,20,22)(H,21,23)/t14-/m0/s1. The molecule has 0 spiro atoms. The highest BCUT2D eigenvalue weighted by Crippen LogP contribution is 2.24. The molecule has 1 heterocycles. The monoisotopic (exact) mass is 306 g/mol. The van der Waals surface area contributed by atoms with Crippen molar-refractivity contribution in [2.24, 2.45) is 0 Å². The summed E-state index contributed by atoms with van der Waals surface area (Å²) < 4.78 is 0. The SMILES string of the molecule is N#Cc1cccc(C[C@@H]2NC(=O)c3c(N)cccc3NC2=O)c1. The minimum absolute atomic E-state index is 0.272. The Balaban J connectivity index is 1.89. The molecule has 1 aliphatic rings. The average Bonchev–Trinajstić information content (AvgIpc) is 2.65. The summed E-state index contributed by atoms with van der Waals surface area (Å²) in [5.74, 6) is -0.706. The molecule has 6 heteroatoms. The van der Waals surface area contributed by atoms with E-state index in [9.17, 15) is 9.59 Å². The molecule has 6 nitrogen and oxygen atoms in total. The fraction of sp³-hybridized carbons (Fsp3) is 0.118. The van der Waals surface area contributed by atoms with Crippen LogP contribution in [0.3, 0.4) is 0 Å². The lowest BCUT2D eigenvalue weighted by molar-refractivity contribution is -0.117. The molecular weight excluding hydrogens is 292 g/mol. The van der Waals surface area contributed by atoms with Crippen molar-refractivity contribution in [2.75, 3.05) is 11.1 Å². The average molecular weight is 306 g/mol.